The largest absolute Gasteiger partial charge is 0.469 e. The molecule has 0 spiro atoms. The molecule has 2 aromatic heterocycles. The van der Waals surface area contributed by atoms with Crippen LogP contribution >= 0.6 is 23.1 Å². The maximum absolute atomic E-state index is 12.8. The van der Waals surface area contributed by atoms with Crippen molar-refractivity contribution in [3.8, 4) is 22.3 Å². The van der Waals surface area contributed by atoms with Gasteiger partial charge in [0.1, 0.15) is 4.83 Å². The number of hydrogen-bond donors (Lipinski definition) is 1. The Kier molecular flexibility index (Phi) is 6.30. The summed E-state index contributed by atoms with van der Waals surface area (Å²) in [5, 5.41) is 3.17. The number of rotatable bonds is 7. The molecular formula is C23H20N2O3S2. The number of thiophene rings is 1. The highest BCUT2D eigenvalue weighted by Crippen LogP contribution is 2.33. The quantitative estimate of drug-likeness (QED) is 0.183. The molecule has 0 aliphatic rings. The molecule has 0 atom stereocenters. The van der Waals surface area contributed by atoms with Crippen molar-refractivity contribution in [2.24, 2.45) is 0 Å². The third-order valence-corrected chi connectivity index (χ3v) is 6.55. The zero-order valence-electron chi connectivity index (χ0n) is 16.4. The Hall–Kier alpha value is -2.90. The second-order valence-corrected chi connectivity index (χ2v) is 8.61. The highest BCUT2D eigenvalue weighted by molar-refractivity contribution is 7.99. The van der Waals surface area contributed by atoms with Gasteiger partial charge in [0.2, 0.25) is 0 Å². The summed E-state index contributed by atoms with van der Waals surface area (Å²) in [6.07, 6.45) is 1.03. The van der Waals surface area contributed by atoms with E-state index in [0.29, 0.717) is 29.1 Å². The summed E-state index contributed by atoms with van der Waals surface area (Å²) in [4.78, 5) is 32.1. The average molecular weight is 437 g/mol. The van der Waals surface area contributed by atoms with E-state index in [1.807, 2.05) is 35.7 Å². The number of H-pyrrole nitrogens is 1. The number of carbonyl (C=O) groups excluding carboxylic acids is 1. The van der Waals surface area contributed by atoms with E-state index in [-0.39, 0.29) is 11.5 Å². The van der Waals surface area contributed by atoms with Gasteiger partial charge in [-0.15, -0.1) is 11.3 Å². The first-order valence-electron chi connectivity index (χ1n) is 9.52. The normalized spacial score (nSPS) is 11.0. The highest BCUT2D eigenvalue weighted by Gasteiger charge is 2.13. The number of nitrogens with one attached hydrogen (secondary N) is 1. The topological polar surface area (TPSA) is 72.0 Å². The molecule has 7 heteroatoms. The number of benzene rings is 2. The lowest BCUT2D eigenvalue weighted by atomic mass is 10.0. The van der Waals surface area contributed by atoms with Crippen LogP contribution in [0.15, 0.2) is 69.9 Å². The molecule has 4 aromatic rings. The number of aromatic amines is 1. The van der Waals surface area contributed by atoms with E-state index in [4.69, 9.17) is 0 Å². The van der Waals surface area contributed by atoms with Crippen molar-refractivity contribution in [1.82, 2.24) is 9.97 Å². The van der Waals surface area contributed by atoms with Crippen molar-refractivity contribution >= 4 is 39.3 Å². The fraction of sp³-hybridized carbons (Fsp3) is 0.174. The van der Waals surface area contributed by atoms with Crippen LogP contribution < -0.4 is 5.56 Å². The number of methoxy groups -OCH3 is 1. The molecule has 0 aliphatic carbocycles. The van der Waals surface area contributed by atoms with E-state index in [2.05, 4.69) is 39.0 Å². The zero-order valence-corrected chi connectivity index (χ0v) is 18.0. The number of ether oxygens (including phenoxy) is 1. The molecule has 0 fully saturated rings. The lowest BCUT2D eigenvalue weighted by Crippen LogP contribution is -2.09. The molecule has 1 N–H and O–H groups in total. The van der Waals surface area contributed by atoms with E-state index >= 15 is 0 Å². The molecule has 0 unspecified atom stereocenters. The predicted molar refractivity (Wildman–Crippen MR) is 123 cm³/mol. The SMILES string of the molecule is COC(=O)CCCSc1nc2scc(-c3ccc(-c4ccccc4)cc3)c2c(=O)[nH]1. The van der Waals surface area contributed by atoms with Crippen LogP contribution in [0, 0.1) is 0 Å². The lowest BCUT2D eigenvalue weighted by Gasteiger charge is -2.05. The van der Waals surface area contributed by atoms with Crippen LogP contribution in [-0.4, -0.2) is 28.8 Å². The molecule has 0 amide bonds. The second kappa shape index (κ2) is 9.28. The summed E-state index contributed by atoms with van der Waals surface area (Å²) < 4.78 is 4.64. The Morgan fingerprint density at radius 3 is 2.50 bits per heavy atom. The van der Waals surface area contributed by atoms with Gasteiger partial charge in [-0.2, -0.15) is 0 Å². The third kappa shape index (κ3) is 4.47. The van der Waals surface area contributed by atoms with Crippen molar-refractivity contribution in [2.75, 3.05) is 12.9 Å². The predicted octanol–water partition coefficient (Wildman–Crippen LogP) is 5.36. The summed E-state index contributed by atoms with van der Waals surface area (Å²) in [5.41, 5.74) is 4.04. The minimum Gasteiger partial charge on any atom is -0.469 e. The molecule has 152 valence electrons. The Bertz CT molecular complexity index is 1210. The summed E-state index contributed by atoms with van der Waals surface area (Å²) >= 11 is 2.91. The molecule has 0 bridgehead atoms. The Labute approximate surface area is 182 Å². The molecule has 0 aliphatic heterocycles. The van der Waals surface area contributed by atoms with Crippen LogP contribution in [0.3, 0.4) is 0 Å². The van der Waals surface area contributed by atoms with Gasteiger partial charge in [-0.1, -0.05) is 66.4 Å². The van der Waals surface area contributed by atoms with E-state index in [0.717, 1.165) is 27.1 Å². The van der Waals surface area contributed by atoms with Crippen LogP contribution in [0.2, 0.25) is 0 Å². The zero-order chi connectivity index (χ0) is 20.9. The Morgan fingerprint density at radius 2 is 1.77 bits per heavy atom. The maximum atomic E-state index is 12.8. The average Bonchev–Trinajstić information content (AvgIpc) is 3.22. The van der Waals surface area contributed by atoms with Crippen LogP contribution in [0.25, 0.3) is 32.5 Å². The first-order valence-corrected chi connectivity index (χ1v) is 11.4. The number of hydrogen-bond acceptors (Lipinski definition) is 6. The van der Waals surface area contributed by atoms with Gasteiger partial charge in [-0.3, -0.25) is 9.59 Å². The lowest BCUT2D eigenvalue weighted by molar-refractivity contribution is -0.140. The number of nitrogens with zero attached hydrogens (tertiary/aromatic N) is 1. The summed E-state index contributed by atoms with van der Waals surface area (Å²) in [7, 11) is 1.38. The Balaban J connectivity index is 1.54. The second-order valence-electron chi connectivity index (χ2n) is 6.67. The molecule has 0 saturated heterocycles. The Morgan fingerprint density at radius 1 is 1.07 bits per heavy atom. The van der Waals surface area contributed by atoms with Crippen LogP contribution in [0.4, 0.5) is 0 Å². The van der Waals surface area contributed by atoms with Gasteiger partial charge in [0.05, 0.1) is 12.5 Å². The maximum Gasteiger partial charge on any atom is 0.305 e. The molecule has 4 rings (SSSR count). The van der Waals surface area contributed by atoms with E-state index in [1.54, 1.807) is 0 Å². The summed E-state index contributed by atoms with van der Waals surface area (Å²) in [5.74, 6) is 0.455. The van der Waals surface area contributed by atoms with Gasteiger partial charge >= 0.3 is 5.97 Å². The molecule has 0 saturated carbocycles. The first kappa shape index (κ1) is 20.4. The van der Waals surface area contributed by atoms with Gasteiger partial charge in [0, 0.05) is 23.1 Å². The fourth-order valence-corrected chi connectivity index (χ4v) is 4.98. The summed E-state index contributed by atoms with van der Waals surface area (Å²) in [6, 6.07) is 18.4. The minimum atomic E-state index is -0.228. The van der Waals surface area contributed by atoms with E-state index in [1.165, 1.54) is 30.2 Å². The van der Waals surface area contributed by atoms with Gasteiger partial charge in [0.15, 0.2) is 5.16 Å². The van der Waals surface area contributed by atoms with Crippen LogP contribution in [0.1, 0.15) is 12.8 Å². The highest BCUT2D eigenvalue weighted by atomic mass is 32.2. The van der Waals surface area contributed by atoms with Crippen LogP contribution in [-0.2, 0) is 9.53 Å². The fourth-order valence-electron chi connectivity index (χ4n) is 3.17. The van der Waals surface area contributed by atoms with Crippen molar-refractivity contribution in [3.05, 3.63) is 70.3 Å². The standard InChI is InChI=1S/C23H20N2O3S2/c1-28-19(26)8-5-13-29-23-24-21(27)20-18(14-30-22(20)25-23)17-11-9-16(10-12-17)15-6-3-2-4-7-15/h2-4,6-7,9-12,14H,5,8,13H2,1H3,(H,24,25,27). The van der Waals surface area contributed by atoms with Gasteiger partial charge in [-0.25, -0.2) is 4.98 Å². The van der Waals surface area contributed by atoms with Crippen molar-refractivity contribution in [3.63, 3.8) is 0 Å². The molecule has 2 heterocycles. The molecule has 2 aromatic carbocycles. The monoisotopic (exact) mass is 436 g/mol. The number of thioether (sulfide) groups is 1. The van der Waals surface area contributed by atoms with E-state index in [9.17, 15) is 9.59 Å². The first-order chi connectivity index (χ1) is 14.7. The van der Waals surface area contributed by atoms with Gasteiger partial charge in [-0.05, 0) is 23.1 Å². The number of fused-ring (bicyclic) bond motifs is 1. The third-order valence-electron chi connectivity index (χ3n) is 4.72. The van der Waals surface area contributed by atoms with Crippen LogP contribution in [0.5, 0.6) is 0 Å². The number of esters is 1. The van der Waals surface area contributed by atoms with Gasteiger partial charge in [0.25, 0.3) is 5.56 Å². The number of aromatic nitrogens is 2. The number of carbonyl (C=O) groups is 1. The van der Waals surface area contributed by atoms with Gasteiger partial charge < -0.3 is 9.72 Å². The minimum absolute atomic E-state index is 0.140. The molecule has 0 radical (unpaired) electrons. The molecular weight excluding hydrogens is 416 g/mol. The van der Waals surface area contributed by atoms with Crippen molar-refractivity contribution in [2.45, 2.75) is 18.0 Å². The van der Waals surface area contributed by atoms with Crippen molar-refractivity contribution < 1.29 is 9.53 Å². The van der Waals surface area contributed by atoms with Crippen molar-refractivity contribution in [1.29, 1.82) is 0 Å². The molecule has 30 heavy (non-hydrogen) atoms. The summed E-state index contributed by atoms with van der Waals surface area (Å²) in [6.45, 7) is 0. The smallest absolute Gasteiger partial charge is 0.305 e. The van der Waals surface area contributed by atoms with E-state index < -0.39 is 0 Å². The molecule has 5 nitrogen and oxygen atoms in total.